The monoisotopic (exact) mass is 195 g/mol. The first-order valence-electron chi connectivity index (χ1n) is 6.12. The number of nitrogens with one attached hydrogen (secondary N) is 1. The fourth-order valence-corrected chi connectivity index (χ4v) is 3.05. The SMILES string of the molecule is C1CN(C2CCN(C3CCNC3)C2)C1. The van der Waals surface area contributed by atoms with Crippen molar-refractivity contribution in [3.8, 4) is 0 Å². The highest BCUT2D eigenvalue weighted by molar-refractivity contribution is 4.91. The smallest absolute Gasteiger partial charge is 0.0235 e. The average molecular weight is 195 g/mol. The van der Waals surface area contributed by atoms with Crippen molar-refractivity contribution in [2.24, 2.45) is 0 Å². The molecule has 3 rings (SSSR count). The summed E-state index contributed by atoms with van der Waals surface area (Å²) in [7, 11) is 0. The van der Waals surface area contributed by atoms with Gasteiger partial charge in [-0.3, -0.25) is 9.80 Å². The lowest BCUT2D eigenvalue weighted by Gasteiger charge is -2.36. The number of likely N-dealkylation sites (tertiary alicyclic amines) is 2. The van der Waals surface area contributed by atoms with E-state index in [2.05, 4.69) is 15.1 Å². The van der Waals surface area contributed by atoms with E-state index in [1.165, 1.54) is 58.5 Å². The van der Waals surface area contributed by atoms with Crippen LogP contribution in [0, 0.1) is 0 Å². The van der Waals surface area contributed by atoms with E-state index < -0.39 is 0 Å². The van der Waals surface area contributed by atoms with Gasteiger partial charge in [-0.05, 0) is 38.9 Å². The highest BCUT2D eigenvalue weighted by Crippen LogP contribution is 2.23. The first kappa shape index (κ1) is 9.13. The zero-order valence-electron chi connectivity index (χ0n) is 8.91. The minimum atomic E-state index is 0.848. The summed E-state index contributed by atoms with van der Waals surface area (Å²) in [5.41, 5.74) is 0. The first-order chi connectivity index (χ1) is 6.93. The second kappa shape index (κ2) is 3.80. The molecule has 80 valence electrons. The molecular formula is C11H21N3. The van der Waals surface area contributed by atoms with Crippen LogP contribution in [-0.2, 0) is 0 Å². The summed E-state index contributed by atoms with van der Waals surface area (Å²) < 4.78 is 0. The molecule has 0 aliphatic carbocycles. The molecule has 3 aliphatic heterocycles. The summed E-state index contributed by atoms with van der Waals surface area (Å²) in [5.74, 6) is 0. The molecule has 1 N–H and O–H groups in total. The Morgan fingerprint density at radius 2 is 1.86 bits per heavy atom. The molecular weight excluding hydrogens is 174 g/mol. The standard InChI is InChI=1S/C11H21N3/c1-5-13(6-1)11-3-7-14(9-11)10-2-4-12-8-10/h10-12H,1-9H2. The molecule has 3 heteroatoms. The molecule has 3 nitrogen and oxygen atoms in total. The number of nitrogens with zero attached hydrogens (tertiary/aromatic N) is 2. The van der Waals surface area contributed by atoms with Gasteiger partial charge in [-0.15, -0.1) is 0 Å². The number of hydrogen-bond donors (Lipinski definition) is 1. The largest absolute Gasteiger partial charge is 0.315 e. The highest BCUT2D eigenvalue weighted by atomic mass is 15.3. The van der Waals surface area contributed by atoms with Crippen molar-refractivity contribution < 1.29 is 0 Å². The maximum absolute atomic E-state index is 3.47. The van der Waals surface area contributed by atoms with Crippen LogP contribution in [0.15, 0.2) is 0 Å². The zero-order chi connectivity index (χ0) is 9.38. The maximum Gasteiger partial charge on any atom is 0.0235 e. The number of rotatable bonds is 2. The third-order valence-electron chi connectivity index (χ3n) is 4.15. The van der Waals surface area contributed by atoms with Gasteiger partial charge in [0.2, 0.25) is 0 Å². The summed E-state index contributed by atoms with van der Waals surface area (Å²) in [4.78, 5) is 5.38. The molecule has 0 bridgehead atoms. The van der Waals surface area contributed by atoms with Gasteiger partial charge in [0.25, 0.3) is 0 Å². The Hall–Kier alpha value is -0.120. The molecule has 3 fully saturated rings. The van der Waals surface area contributed by atoms with Gasteiger partial charge in [0.15, 0.2) is 0 Å². The van der Waals surface area contributed by atoms with Crippen molar-refractivity contribution in [3.63, 3.8) is 0 Å². The quantitative estimate of drug-likeness (QED) is 0.675. The van der Waals surface area contributed by atoms with Gasteiger partial charge in [0, 0.05) is 31.7 Å². The van der Waals surface area contributed by atoms with Crippen molar-refractivity contribution in [3.05, 3.63) is 0 Å². The van der Waals surface area contributed by atoms with Crippen LogP contribution >= 0.6 is 0 Å². The minimum Gasteiger partial charge on any atom is -0.315 e. The fraction of sp³-hybridized carbons (Fsp3) is 1.00. The minimum absolute atomic E-state index is 0.848. The van der Waals surface area contributed by atoms with E-state index in [0.717, 1.165) is 12.1 Å². The molecule has 0 aromatic heterocycles. The van der Waals surface area contributed by atoms with Crippen molar-refractivity contribution in [1.82, 2.24) is 15.1 Å². The Balaban J connectivity index is 1.52. The van der Waals surface area contributed by atoms with Crippen LogP contribution in [0.5, 0.6) is 0 Å². The lowest BCUT2D eigenvalue weighted by molar-refractivity contribution is 0.115. The van der Waals surface area contributed by atoms with Crippen molar-refractivity contribution in [1.29, 1.82) is 0 Å². The van der Waals surface area contributed by atoms with E-state index in [9.17, 15) is 0 Å². The van der Waals surface area contributed by atoms with Crippen LogP contribution in [0.4, 0.5) is 0 Å². The summed E-state index contributed by atoms with van der Waals surface area (Å²) in [5, 5.41) is 3.47. The Kier molecular flexibility index (Phi) is 2.48. The molecule has 14 heavy (non-hydrogen) atoms. The molecule has 0 spiro atoms. The molecule has 2 atom stereocenters. The van der Waals surface area contributed by atoms with Crippen LogP contribution in [0.2, 0.25) is 0 Å². The topological polar surface area (TPSA) is 18.5 Å². The van der Waals surface area contributed by atoms with Gasteiger partial charge in [-0.1, -0.05) is 0 Å². The van der Waals surface area contributed by atoms with E-state index in [4.69, 9.17) is 0 Å². The second-order valence-electron chi connectivity index (χ2n) is 4.97. The van der Waals surface area contributed by atoms with Crippen LogP contribution < -0.4 is 5.32 Å². The van der Waals surface area contributed by atoms with Gasteiger partial charge < -0.3 is 5.32 Å². The van der Waals surface area contributed by atoms with E-state index >= 15 is 0 Å². The summed E-state index contributed by atoms with van der Waals surface area (Å²) in [6, 6.07) is 1.74. The molecule has 0 amide bonds. The van der Waals surface area contributed by atoms with Crippen molar-refractivity contribution >= 4 is 0 Å². The molecule has 2 unspecified atom stereocenters. The van der Waals surface area contributed by atoms with E-state index in [-0.39, 0.29) is 0 Å². The first-order valence-corrected chi connectivity index (χ1v) is 6.12. The predicted molar refractivity (Wildman–Crippen MR) is 57.4 cm³/mol. The Morgan fingerprint density at radius 3 is 2.50 bits per heavy atom. The van der Waals surface area contributed by atoms with Gasteiger partial charge in [-0.2, -0.15) is 0 Å². The predicted octanol–water partition coefficient (Wildman–Crippen LogP) is 0.128. The third kappa shape index (κ3) is 1.58. The fourth-order valence-electron chi connectivity index (χ4n) is 3.05. The van der Waals surface area contributed by atoms with E-state index in [1.54, 1.807) is 0 Å². The van der Waals surface area contributed by atoms with Crippen LogP contribution in [0.1, 0.15) is 19.3 Å². The molecule has 0 radical (unpaired) electrons. The number of hydrogen-bond acceptors (Lipinski definition) is 3. The summed E-state index contributed by atoms with van der Waals surface area (Å²) >= 11 is 0. The van der Waals surface area contributed by atoms with Gasteiger partial charge in [-0.25, -0.2) is 0 Å². The lowest BCUT2D eigenvalue weighted by atomic mass is 10.1. The van der Waals surface area contributed by atoms with E-state index in [1.807, 2.05) is 0 Å². The third-order valence-corrected chi connectivity index (χ3v) is 4.15. The molecule has 0 aromatic rings. The van der Waals surface area contributed by atoms with Crippen LogP contribution in [-0.4, -0.2) is 61.2 Å². The second-order valence-corrected chi connectivity index (χ2v) is 4.97. The Morgan fingerprint density at radius 1 is 0.929 bits per heavy atom. The average Bonchev–Trinajstić information content (AvgIpc) is 2.65. The van der Waals surface area contributed by atoms with Gasteiger partial charge >= 0.3 is 0 Å². The zero-order valence-corrected chi connectivity index (χ0v) is 8.91. The molecule has 3 saturated heterocycles. The molecule has 0 saturated carbocycles. The van der Waals surface area contributed by atoms with E-state index in [0.29, 0.717) is 0 Å². The lowest BCUT2D eigenvalue weighted by Crippen LogP contribution is -2.47. The van der Waals surface area contributed by atoms with Crippen molar-refractivity contribution in [2.75, 3.05) is 39.3 Å². The highest BCUT2D eigenvalue weighted by Gasteiger charge is 2.34. The van der Waals surface area contributed by atoms with Crippen molar-refractivity contribution in [2.45, 2.75) is 31.3 Å². The van der Waals surface area contributed by atoms with Gasteiger partial charge in [0.1, 0.15) is 0 Å². The normalized spacial score (nSPS) is 40.3. The van der Waals surface area contributed by atoms with Crippen LogP contribution in [0.3, 0.4) is 0 Å². The molecule has 3 heterocycles. The molecule has 3 aliphatic rings. The Bertz CT molecular complexity index is 197. The van der Waals surface area contributed by atoms with Gasteiger partial charge in [0.05, 0.1) is 0 Å². The summed E-state index contributed by atoms with van der Waals surface area (Å²) in [6.07, 6.45) is 4.21. The summed E-state index contributed by atoms with van der Waals surface area (Å²) in [6.45, 7) is 7.87. The Labute approximate surface area is 86.4 Å². The maximum atomic E-state index is 3.47. The molecule has 0 aromatic carbocycles. The van der Waals surface area contributed by atoms with Crippen LogP contribution in [0.25, 0.3) is 0 Å².